The van der Waals surface area contributed by atoms with Gasteiger partial charge in [-0.05, 0) is 70.6 Å². The lowest BCUT2D eigenvalue weighted by atomic mass is 9.79. The molecule has 1 fully saturated rings. The molecular formula is C47H56N5O11PSi. The van der Waals surface area contributed by atoms with Gasteiger partial charge in [0, 0.05) is 0 Å². The first-order valence-electron chi connectivity index (χ1n) is 21.3. The molecule has 1 aliphatic rings. The molecule has 1 saturated heterocycles. The van der Waals surface area contributed by atoms with E-state index in [1.807, 2.05) is 97.1 Å². The highest BCUT2D eigenvalue weighted by Gasteiger charge is 2.55. The number of rotatable bonds is 17. The second-order valence-corrected chi connectivity index (χ2v) is 23.7. The molecule has 344 valence electrons. The summed E-state index contributed by atoms with van der Waals surface area (Å²) in [6.07, 6.45) is -3.16. The standard InChI is InChI=1S/C47H56N5O11PSi/c1-30(2)31-19-23-36(24-20-31)59-28-38(53)49-45-50-42-39(43(54)51-45)48-29-52(42)44-41(63-65(7,8)46(3,4)5)40(37(61-44)27-60-64(55,56)57)62-47(32-15-11-9-12-16-32,33-17-13-10-14-18-33)34-21-25-35(58-6)26-22-34/h9-26,29-30,37,40-41,44H,27-28H2,1-8H3,(H2,55,56,57)(H2,49,50,51,53,54)/t37-,40-,41?,44?/m1/s1. The summed E-state index contributed by atoms with van der Waals surface area (Å²) in [4.78, 5) is 58.5. The van der Waals surface area contributed by atoms with E-state index in [9.17, 15) is 23.9 Å². The fourth-order valence-electron chi connectivity index (χ4n) is 7.54. The Morgan fingerprint density at radius 2 is 1.48 bits per heavy atom. The van der Waals surface area contributed by atoms with E-state index in [4.69, 9.17) is 27.9 Å². The fraction of sp³-hybridized carbons (Fsp3) is 0.362. The number of aromatic amines is 1. The summed E-state index contributed by atoms with van der Waals surface area (Å²) >= 11 is 0. The molecule has 7 rings (SSSR count). The number of carbonyl (C=O) groups is 1. The molecule has 1 aliphatic heterocycles. The minimum atomic E-state index is -5.05. The van der Waals surface area contributed by atoms with Crippen molar-refractivity contribution in [3.63, 3.8) is 0 Å². The molecule has 2 unspecified atom stereocenters. The number of fused-ring (bicyclic) bond motifs is 1. The molecule has 0 bridgehead atoms. The van der Waals surface area contributed by atoms with E-state index in [1.54, 1.807) is 19.2 Å². The molecule has 16 nitrogen and oxygen atoms in total. The third kappa shape index (κ3) is 10.5. The van der Waals surface area contributed by atoms with Crippen molar-refractivity contribution in [3.8, 4) is 11.5 Å². The largest absolute Gasteiger partial charge is 0.497 e. The number of hydrogen-bond acceptors (Lipinski definition) is 11. The van der Waals surface area contributed by atoms with Crippen LogP contribution >= 0.6 is 7.82 Å². The number of nitrogens with zero attached hydrogens (tertiary/aromatic N) is 3. The molecule has 0 aliphatic carbocycles. The number of aromatic nitrogens is 4. The normalized spacial score (nSPS) is 18.3. The molecule has 3 heterocycles. The second kappa shape index (κ2) is 19.2. The Morgan fingerprint density at radius 1 is 0.892 bits per heavy atom. The Bertz CT molecular complexity index is 2630. The molecule has 6 aromatic rings. The summed E-state index contributed by atoms with van der Waals surface area (Å²) in [7, 11) is -6.27. The van der Waals surface area contributed by atoms with Crippen LogP contribution in [0.15, 0.2) is 120 Å². The van der Waals surface area contributed by atoms with E-state index in [0.717, 1.165) is 16.7 Å². The number of H-pyrrole nitrogens is 1. The van der Waals surface area contributed by atoms with Crippen molar-refractivity contribution < 1.29 is 47.0 Å². The van der Waals surface area contributed by atoms with E-state index in [2.05, 4.69) is 68.0 Å². The van der Waals surface area contributed by atoms with Crippen molar-refractivity contribution in [3.05, 3.63) is 148 Å². The van der Waals surface area contributed by atoms with Crippen LogP contribution in [0.3, 0.4) is 0 Å². The number of amides is 1. The van der Waals surface area contributed by atoms with Gasteiger partial charge in [-0.3, -0.25) is 29.0 Å². The van der Waals surface area contributed by atoms with E-state index in [0.29, 0.717) is 23.0 Å². The summed E-state index contributed by atoms with van der Waals surface area (Å²) in [5, 5.41) is 2.27. The number of benzene rings is 4. The summed E-state index contributed by atoms with van der Waals surface area (Å²) in [6.45, 7) is 13.5. The van der Waals surface area contributed by atoms with E-state index < -0.39 is 64.4 Å². The Hall–Kier alpha value is -5.49. The average molecular weight is 926 g/mol. The number of phosphoric acid groups is 1. The Labute approximate surface area is 378 Å². The van der Waals surface area contributed by atoms with Gasteiger partial charge in [-0.15, -0.1) is 0 Å². The van der Waals surface area contributed by atoms with Crippen molar-refractivity contribution in [2.24, 2.45) is 0 Å². The number of anilines is 1. The maximum Gasteiger partial charge on any atom is 0.469 e. The first-order chi connectivity index (χ1) is 30.8. The van der Waals surface area contributed by atoms with Crippen LogP contribution < -0.4 is 20.3 Å². The van der Waals surface area contributed by atoms with Gasteiger partial charge >= 0.3 is 7.82 Å². The SMILES string of the molecule is COc1ccc(C(O[C@H]2C(O[Si](C)(C)C(C)(C)C)C(n3cnc4c(=O)[nH]c(NC(=O)COc5ccc(C(C)C)cc5)nc43)O[C@@H]2COP(=O)(O)O)(c2ccccc2)c2ccccc2)cc1. The minimum absolute atomic E-state index is 0.0333. The molecule has 2 aromatic heterocycles. The molecule has 0 spiro atoms. The monoisotopic (exact) mass is 925 g/mol. The smallest absolute Gasteiger partial charge is 0.469 e. The number of phosphoric ester groups is 1. The third-order valence-electron chi connectivity index (χ3n) is 12.0. The number of methoxy groups -OCH3 is 1. The zero-order valence-electron chi connectivity index (χ0n) is 37.6. The number of hydrogen-bond donors (Lipinski definition) is 4. The zero-order valence-corrected chi connectivity index (χ0v) is 39.5. The number of carbonyl (C=O) groups excluding carboxylic acids is 1. The third-order valence-corrected chi connectivity index (χ3v) is 16.9. The maximum absolute atomic E-state index is 13.6. The van der Waals surface area contributed by atoms with Gasteiger partial charge in [-0.1, -0.05) is 120 Å². The number of nitrogens with one attached hydrogen (secondary N) is 2. The first kappa shape index (κ1) is 47.5. The van der Waals surface area contributed by atoms with Crippen molar-refractivity contribution in [2.45, 2.75) is 88.8 Å². The first-order valence-corrected chi connectivity index (χ1v) is 25.7. The number of imidazole rings is 1. The highest BCUT2D eigenvalue weighted by molar-refractivity contribution is 7.46. The minimum Gasteiger partial charge on any atom is -0.497 e. The van der Waals surface area contributed by atoms with Gasteiger partial charge in [0.15, 0.2) is 32.3 Å². The summed E-state index contributed by atoms with van der Waals surface area (Å²) < 4.78 is 52.1. The summed E-state index contributed by atoms with van der Waals surface area (Å²) in [5.74, 6) is 0.691. The van der Waals surface area contributed by atoms with Crippen LogP contribution in [0.5, 0.6) is 11.5 Å². The van der Waals surface area contributed by atoms with Crippen LogP contribution in [0, 0.1) is 0 Å². The van der Waals surface area contributed by atoms with Crippen LogP contribution in [-0.2, 0) is 33.4 Å². The highest BCUT2D eigenvalue weighted by atomic mass is 31.2. The lowest BCUT2D eigenvalue weighted by molar-refractivity contribution is -0.118. The summed E-state index contributed by atoms with van der Waals surface area (Å²) in [6, 6.07) is 34.1. The van der Waals surface area contributed by atoms with Gasteiger partial charge in [0.25, 0.3) is 11.5 Å². The van der Waals surface area contributed by atoms with Crippen LogP contribution in [0.25, 0.3) is 11.2 Å². The predicted octanol–water partition coefficient (Wildman–Crippen LogP) is 8.04. The van der Waals surface area contributed by atoms with Crippen molar-refractivity contribution >= 4 is 39.2 Å². The molecular weight excluding hydrogens is 870 g/mol. The highest BCUT2D eigenvalue weighted by Crippen LogP contribution is 2.49. The average Bonchev–Trinajstić information content (AvgIpc) is 3.84. The topological polar surface area (TPSA) is 206 Å². The quantitative estimate of drug-likeness (QED) is 0.0389. The predicted molar refractivity (Wildman–Crippen MR) is 247 cm³/mol. The molecule has 1 amide bonds. The Kier molecular flexibility index (Phi) is 14.0. The lowest BCUT2D eigenvalue weighted by Crippen LogP contribution is -2.52. The van der Waals surface area contributed by atoms with Crippen LogP contribution in [0.1, 0.15) is 69.0 Å². The van der Waals surface area contributed by atoms with E-state index in [-0.39, 0.29) is 28.8 Å². The van der Waals surface area contributed by atoms with Gasteiger partial charge in [-0.25, -0.2) is 9.55 Å². The van der Waals surface area contributed by atoms with Gasteiger partial charge in [0.2, 0.25) is 5.95 Å². The van der Waals surface area contributed by atoms with E-state index >= 15 is 0 Å². The zero-order chi connectivity index (χ0) is 46.7. The summed E-state index contributed by atoms with van der Waals surface area (Å²) in [5.41, 5.74) is 1.23. The van der Waals surface area contributed by atoms with Gasteiger partial charge in [-0.2, -0.15) is 4.98 Å². The second-order valence-electron chi connectivity index (χ2n) is 17.7. The Morgan fingerprint density at radius 3 is 2.03 bits per heavy atom. The molecule has 4 atom stereocenters. The maximum atomic E-state index is 13.6. The molecule has 0 radical (unpaired) electrons. The number of ether oxygens (including phenoxy) is 4. The fourth-order valence-corrected chi connectivity index (χ4v) is 9.16. The molecule has 4 N–H and O–H groups in total. The van der Waals surface area contributed by atoms with Crippen LogP contribution in [-0.4, -0.2) is 82.2 Å². The van der Waals surface area contributed by atoms with Crippen molar-refractivity contribution in [2.75, 3.05) is 25.6 Å². The van der Waals surface area contributed by atoms with Crippen molar-refractivity contribution in [1.29, 1.82) is 0 Å². The van der Waals surface area contributed by atoms with E-state index in [1.165, 1.54) is 10.9 Å². The van der Waals surface area contributed by atoms with Gasteiger partial charge in [0.05, 0.1) is 20.0 Å². The molecule has 4 aromatic carbocycles. The van der Waals surface area contributed by atoms with Crippen LogP contribution in [0.2, 0.25) is 18.1 Å². The van der Waals surface area contributed by atoms with Crippen LogP contribution in [0.4, 0.5) is 5.95 Å². The van der Waals surface area contributed by atoms with Gasteiger partial charge < -0.3 is 33.2 Å². The molecule has 0 saturated carbocycles. The van der Waals surface area contributed by atoms with Gasteiger partial charge in [0.1, 0.15) is 35.4 Å². The molecule has 65 heavy (non-hydrogen) atoms. The lowest BCUT2D eigenvalue weighted by Gasteiger charge is -2.44. The Balaban J connectivity index is 1.35. The molecule has 18 heteroatoms. The van der Waals surface area contributed by atoms with Crippen molar-refractivity contribution in [1.82, 2.24) is 19.5 Å².